The lowest BCUT2D eigenvalue weighted by molar-refractivity contribution is -0.154. The van der Waals surface area contributed by atoms with Crippen LogP contribution in [0, 0.1) is 5.92 Å². The topological polar surface area (TPSA) is 72.9 Å². The smallest absolute Gasteiger partial charge is 0.222 e. The van der Waals surface area contributed by atoms with Crippen molar-refractivity contribution in [3.63, 3.8) is 0 Å². The summed E-state index contributed by atoms with van der Waals surface area (Å²) >= 11 is 0. The molecule has 1 saturated heterocycles. The Balaban J connectivity index is 1.57. The fourth-order valence-electron chi connectivity index (χ4n) is 3.96. The molecule has 1 unspecified atom stereocenters. The Labute approximate surface area is 173 Å². The van der Waals surface area contributed by atoms with E-state index in [1.165, 1.54) is 6.26 Å². The van der Waals surface area contributed by atoms with Crippen molar-refractivity contribution in [3.8, 4) is 5.75 Å². The molecule has 7 heteroatoms. The Morgan fingerprint density at radius 3 is 2.66 bits per heavy atom. The number of piperidine rings is 1. The van der Waals surface area contributed by atoms with Crippen LogP contribution in [-0.4, -0.2) is 50.6 Å². The van der Waals surface area contributed by atoms with Crippen molar-refractivity contribution in [3.05, 3.63) is 41.0 Å². The third-order valence-electron chi connectivity index (χ3n) is 5.53. The highest BCUT2D eigenvalue weighted by Gasteiger charge is 2.32. The van der Waals surface area contributed by atoms with Gasteiger partial charge in [0.2, 0.25) is 12.2 Å². The molecule has 2 aliphatic rings. The summed E-state index contributed by atoms with van der Waals surface area (Å²) in [7, 11) is -3.00. The second kappa shape index (κ2) is 9.30. The maximum absolute atomic E-state index is 11.8. The zero-order valence-electron chi connectivity index (χ0n) is 17.5. The second-order valence-corrected chi connectivity index (χ2v) is 10.3. The van der Waals surface area contributed by atoms with Crippen LogP contribution in [0.4, 0.5) is 0 Å². The first kappa shape index (κ1) is 21.8. The number of carbonyl (C=O) groups excluding carboxylic acids is 1. The van der Waals surface area contributed by atoms with E-state index in [2.05, 4.69) is 6.07 Å². The number of allylic oxidation sites excluding steroid dienone is 1. The van der Waals surface area contributed by atoms with Gasteiger partial charge in [-0.3, -0.25) is 4.79 Å². The number of rotatable bonds is 6. The van der Waals surface area contributed by atoms with Crippen molar-refractivity contribution in [1.82, 2.24) is 4.90 Å². The lowest BCUT2D eigenvalue weighted by atomic mass is 9.95. The summed E-state index contributed by atoms with van der Waals surface area (Å²) < 4.78 is 34.9. The maximum atomic E-state index is 11.8. The second-order valence-electron chi connectivity index (χ2n) is 8.14. The molecule has 3 rings (SSSR count). The lowest BCUT2D eigenvalue weighted by Gasteiger charge is -2.37. The molecule has 1 aromatic rings. The van der Waals surface area contributed by atoms with Gasteiger partial charge in [-0.1, -0.05) is 24.6 Å². The average molecular weight is 422 g/mol. The monoisotopic (exact) mass is 421 g/mol. The first-order chi connectivity index (χ1) is 13.7. The summed E-state index contributed by atoms with van der Waals surface area (Å²) in [5.74, 6) is 1.46. The Morgan fingerprint density at radius 2 is 2.00 bits per heavy atom. The molecule has 29 heavy (non-hydrogen) atoms. The molecule has 0 spiro atoms. The van der Waals surface area contributed by atoms with Crippen molar-refractivity contribution >= 4 is 15.7 Å². The Bertz CT molecular complexity index is 869. The van der Waals surface area contributed by atoms with Crippen LogP contribution in [0.3, 0.4) is 0 Å². The van der Waals surface area contributed by atoms with Crippen LogP contribution < -0.4 is 4.74 Å². The van der Waals surface area contributed by atoms with E-state index in [1.54, 1.807) is 0 Å². The highest BCUT2D eigenvalue weighted by molar-refractivity contribution is 7.90. The summed E-state index contributed by atoms with van der Waals surface area (Å²) in [4.78, 5) is 13.8. The summed E-state index contributed by atoms with van der Waals surface area (Å²) in [6.07, 6.45) is 5.98. The summed E-state index contributed by atoms with van der Waals surface area (Å²) in [5.41, 5.74) is 2.98. The number of benzene rings is 1. The number of amides is 1. The molecule has 0 saturated carbocycles. The van der Waals surface area contributed by atoms with E-state index in [0.717, 1.165) is 48.4 Å². The number of likely N-dealkylation sites (tertiary alicyclic amines) is 1. The molecule has 160 valence electrons. The van der Waals surface area contributed by atoms with Crippen LogP contribution in [0.25, 0.3) is 0 Å². The number of hydrogen-bond donors (Lipinski definition) is 0. The molecule has 0 N–H and O–H groups in total. The molecule has 6 nitrogen and oxygen atoms in total. The quantitative estimate of drug-likeness (QED) is 0.660. The number of hydrogen-bond acceptors (Lipinski definition) is 5. The van der Waals surface area contributed by atoms with Gasteiger partial charge in [0.25, 0.3) is 0 Å². The zero-order valence-corrected chi connectivity index (χ0v) is 18.3. The first-order valence-electron chi connectivity index (χ1n) is 10.3. The zero-order chi connectivity index (χ0) is 21.0. The van der Waals surface area contributed by atoms with Gasteiger partial charge in [-0.2, -0.15) is 0 Å². The van der Waals surface area contributed by atoms with E-state index >= 15 is 0 Å². The fourth-order valence-corrected chi connectivity index (χ4v) is 4.91. The Morgan fingerprint density at radius 1 is 1.28 bits per heavy atom. The molecule has 1 atom stereocenters. The minimum atomic E-state index is -3.00. The molecular weight excluding hydrogens is 390 g/mol. The molecule has 2 aliphatic heterocycles. The van der Waals surface area contributed by atoms with Gasteiger partial charge in [-0.15, -0.1) is 0 Å². The van der Waals surface area contributed by atoms with Crippen molar-refractivity contribution in [2.24, 2.45) is 5.92 Å². The van der Waals surface area contributed by atoms with Crippen molar-refractivity contribution in [2.75, 3.05) is 25.1 Å². The van der Waals surface area contributed by atoms with Crippen LogP contribution >= 0.6 is 0 Å². The lowest BCUT2D eigenvalue weighted by Crippen LogP contribution is -2.43. The van der Waals surface area contributed by atoms with Gasteiger partial charge in [0.1, 0.15) is 5.75 Å². The van der Waals surface area contributed by atoms with Crippen molar-refractivity contribution in [1.29, 1.82) is 0 Å². The van der Waals surface area contributed by atoms with Gasteiger partial charge in [-0.05, 0) is 43.9 Å². The summed E-state index contributed by atoms with van der Waals surface area (Å²) in [6, 6.07) is 6.07. The number of sulfone groups is 1. The summed E-state index contributed by atoms with van der Waals surface area (Å²) in [6.45, 7) is 5.79. The predicted octanol–water partition coefficient (Wildman–Crippen LogP) is 3.10. The van der Waals surface area contributed by atoms with Gasteiger partial charge in [0.05, 0.1) is 12.4 Å². The highest BCUT2D eigenvalue weighted by Crippen LogP contribution is 2.33. The van der Waals surface area contributed by atoms with E-state index in [1.807, 2.05) is 37.0 Å². The number of fused-ring (bicyclic) bond motifs is 1. The molecule has 0 radical (unpaired) electrons. The largest absolute Gasteiger partial charge is 0.464 e. The van der Waals surface area contributed by atoms with Crippen LogP contribution in [0.15, 0.2) is 29.8 Å². The van der Waals surface area contributed by atoms with Gasteiger partial charge >= 0.3 is 0 Å². The summed E-state index contributed by atoms with van der Waals surface area (Å²) in [5, 5.41) is 0. The molecule has 1 fully saturated rings. The SMILES string of the molecule is CCC(=O)N1CCC(C2OCc3cc(C/C=C(\C)CS(C)(=O)=O)ccc3O2)CC1. The van der Waals surface area contributed by atoms with Crippen LogP contribution in [-0.2, 0) is 32.4 Å². The third-order valence-corrected chi connectivity index (χ3v) is 6.51. The Kier molecular flexibility index (Phi) is 7.01. The highest BCUT2D eigenvalue weighted by atomic mass is 32.2. The van der Waals surface area contributed by atoms with Gasteiger partial charge in [0, 0.05) is 37.2 Å². The number of carbonyl (C=O) groups is 1. The van der Waals surface area contributed by atoms with Gasteiger partial charge < -0.3 is 14.4 Å². The van der Waals surface area contributed by atoms with E-state index in [-0.39, 0.29) is 18.0 Å². The van der Waals surface area contributed by atoms with E-state index < -0.39 is 9.84 Å². The third kappa shape index (κ3) is 6.06. The fraction of sp³-hybridized carbons (Fsp3) is 0.591. The molecule has 1 aromatic carbocycles. The number of ether oxygens (including phenoxy) is 2. The molecule has 0 aromatic heterocycles. The first-order valence-corrected chi connectivity index (χ1v) is 12.3. The Hall–Kier alpha value is -1.86. The van der Waals surface area contributed by atoms with E-state index in [4.69, 9.17) is 9.47 Å². The van der Waals surface area contributed by atoms with Crippen molar-refractivity contribution < 1.29 is 22.7 Å². The van der Waals surface area contributed by atoms with Crippen LogP contribution in [0.2, 0.25) is 0 Å². The van der Waals surface area contributed by atoms with Gasteiger partial charge in [0.15, 0.2) is 9.84 Å². The molecule has 0 aliphatic carbocycles. The predicted molar refractivity (Wildman–Crippen MR) is 112 cm³/mol. The van der Waals surface area contributed by atoms with E-state index in [9.17, 15) is 13.2 Å². The molecule has 2 heterocycles. The molecular formula is C22H31NO5S. The average Bonchev–Trinajstić information content (AvgIpc) is 2.70. The van der Waals surface area contributed by atoms with Crippen molar-refractivity contribution in [2.45, 2.75) is 52.4 Å². The van der Waals surface area contributed by atoms with E-state index in [0.29, 0.717) is 25.4 Å². The standard InChI is InChI=1S/C22H31NO5S/c1-4-21(24)23-11-9-18(10-12-23)22-27-14-19-13-17(7-8-20(19)28-22)6-5-16(2)15-29(3,25)26/h5,7-8,13,18,22H,4,6,9-12,14-15H2,1-3H3/b16-5+. The normalized spacial score (nSPS) is 20.9. The number of nitrogens with zero attached hydrogens (tertiary/aromatic N) is 1. The minimum Gasteiger partial charge on any atom is -0.464 e. The maximum Gasteiger partial charge on any atom is 0.222 e. The molecule has 0 bridgehead atoms. The van der Waals surface area contributed by atoms with Crippen LogP contribution in [0.5, 0.6) is 5.75 Å². The van der Waals surface area contributed by atoms with Crippen LogP contribution in [0.1, 0.15) is 44.2 Å². The van der Waals surface area contributed by atoms with Gasteiger partial charge in [-0.25, -0.2) is 8.42 Å². The minimum absolute atomic E-state index is 0.0918. The molecule has 1 amide bonds.